The van der Waals surface area contributed by atoms with Crippen LogP contribution >= 0.6 is 11.3 Å². The van der Waals surface area contributed by atoms with E-state index in [4.69, 9.17) is 0 Å². The maximum absolute atomic E-state index is 12.2. The largest absolute Gasteiger partial charge is 0.512 e. The number of ketones is 1. The molecule has 4 nitrogen and oxygen atoms in total. The van der Waals surface area contributed by atoms with Gasteiger partial charge in [-0.05, 0) is 54.9 Å². The third-order valence-corrected chi connectivity index (χ3v) is 10.8. The number of hydrogen-bond donors (Lipinski definition) is 1. The summed E-state index contributed by atoms with van der Waals surface area (Å²) in [6.07, 6.45) is 8.49. The number of carbonyl (C=O) groups is 1. The molecule has 0 unspecified atom stereocenters. The molecule has 0 amide bonds. The molecular formula is C41H49IrN2O2S-. The van der Waals surface area contributed by atoms with Gasteiger partial charge in [0.25, 0.3) is 0 Å². The molecule has 1 radical (unpaired) electrons. The van der Waals surface area contributed by atoms with Gasteiger partial charge in [-0.1, -0.05) is 97.5 Å². The number of pyridine rings is 2. The van der Waals surface area contributed by atoms with E-state index in [-0.39, 0.29) is 47.9 Å². The molecular weight excluding hydrogens is 777 g/mol. The van der Waals surface area contributed by atoms with Crippen LogP contribution in [0.1, 0.15) is 93.6 Å². The Morgan fingerprint density at radius 2 is 1.51 bits per heavy atom. The van der Waals surface area contributed by atoms with Gasteiger partial charge in [0.15, 0.2) is 5.78 Å². The van der Waals surface area contributed by atoms with Crippen LogP contribution in [0.3, 0.4) is 0 Å². The molecule has 0 saturated heterocycles. The van der Waals surface area contributed by atoms with Crippen molar-refractivity contribution >= 4 is 38.1 Å². The van der Waals surface area contributed by atoms with Crippen molar-refractivity contribution in [1.29, 1.82) is 0 Å². The van der Waals surface area contributed by atoms with Crippen molar-refractivity contribution in [2.45, 2.75) is 93.4 Å². The second-order valence-electron chi connectivity index (χ2n) is 13.8. The fraction of sp³-hybridized carbons (Fsp3) is 0.390. The van der Waals surface area contributed by atoms with E-state index < -0.39 is 0 Å². The first-order valence-electron chi connectivity index (χ1n) is 16.5. The zero-order valence-corrected chi connectivity index (χ0v) is 32.5. The molecule has 0 saturated carbocycles. The average molecular weight is 826 g/mol. The first-order chi connectivity index (χ1) is 21.8. The summed E-state index contributed by atoms with van der Waals surface area (Å²) in [6, 6.07) is 22.6. The molecule has 0 bridgehead atoms. The molecule has 5 rings (SSSR count). The number of aromatic nitrogens is 2. The Morgan fingerprint density at radius 1 is 0.851 bits per heavy atom. The molecule has 3 heterocycles. The number of aliphatic hydroxyl groups is 1. The van der Waals surface area contributed by atoms with E-state index >= 15 is 0 Å². The number of fused-ring (bicyclic) bond motifs is 2. The Morgan fingerprint density at radius 3 is 2.15 bits per heavy atom. The standard InChI is InChI=1S/C26H21N2S.C15H28O2.Ir/c1-26(2,3)22-14-19(13-17-7-4-5-8-20(17)22)23-15-18(10-12-27-23)21-16-29-24-9-6-11-28-25(21)24;1-7-14(5,8-2)12(16)11-13(17)15(6,9-3)10-4;/h4-12,14-16H,1-3H3;11,16H,7-10H2,1-6H3;/q-1;;/b;12-11-;. The van der Waals surface area contributed by atoms with Gasteiger partial charge in [0, 0.05) is 66.0 Å². The Labute approximate surface area is 299 Å². The van der Waals surface area contributed by atoms with E-state index in [0.29, 0.717) is 0 Å². The van der Waals surface area contributed by atoms with Gasteiger partial charge in [-0.2, -0.15) is 0 Å². The third-order valence-electron chi connectivity index (χ3n) is 9.86. The summed E-state index contributed by atoms with van der Waals surface area (Å²) < 4.78 is 1.20. The Kier molecular flexibility index (Phi) is 12.9. The van der Waals surface area contributed by atoms with E-state index in [1.54, 1.807) is 11.3 Å². The predicted molar refractivity (Wildman–Crippen MR) is 196 cm³/mol. The molecule has 5 aromatic rings. The van der Waals surface area contributed by atoms with Crippen molar-refractivity contribution < 1.29 is 30.0 Å². The fourth-order valence-electron chi connectivity index (χ4n) is 5.49. The molecule has 251 valence electrons. The van der Waals surface area contributed by atoms with Gasteiger partial charge in [-0.15, -0.1) is 40.5 Å². The number of carbonyl (C=O) groups excluding carboxylic acids is 1. The van der Waals surface area contributed by atoms with Gasteiger partial charge >= 0.3 is 0 Å². The number of rotatable bonds is 9. The van der Waals surface area contributed by atoms with E-state index in [9.17, 15) is 9.90 Å². The number of allylic oxidation sites excluding steroid dienone is 2. The van der Waals surface area contributed by atoms with Gasteiger partial charge in [0.1, 0.15) is 5.76 Å². The van der Waals surface area contributed by atoms with Gasteiger partial charge in [0.2, 0.25) is 0 Å². The minimum Gasteiger partial charge on any atom is -0.512 e. The van der Waals surface area contributed by atoms with Crippen molar-refractivity contribution in [2.75, 3.05) is 0 Å². The van der Waals surface area contributed by atoms with Crippen molar-refractivity contribution in [3.05, 3.63) is 95.8 Å². The Balaban J connectivity index is 0.000000290. The topological polar surface area (TPSA) is 63.1 Å². The quantitative estimate of drug-likeness (QED) is 0.0913. The van der Waals surface area contributed by atoms with Gasteiger partial charge in [0.05, 0.1) is 10.2 Å². The maximum Gasteiger partial charge on any atom is 0.164 e. The summed E-state index contributed by atoms with van der Waals surface area (Å²) in [5.41, 5.74) is 6.06. The van der Waals surface area contributed by atoms with Gasteiger partial charge in [-0.25, -0.2) is 0 Å². The van der Waals surface area contributed by atoms with Crippen LogP contribution in [0.4, 0.5) is 0 Å². The fourth-order valence-corrected chi connectivity index (χ4v) is 6.41. The van der Waals surface area contributed by atoms with Gasteiger partial charge in [-0.3, -0.25) is 14.8 Å². The summed E-state index contributed by atoms with van der Waals surface area (Å²) in [4.78, 5) is 21.5. The van der Waals surface area contributed by atoms with E-state index in [1.165, 1.54) is 21.7 Å². The SMILES string of the molecule is CC(C)(C)c1cc(-c2cc(-c3csc4cccnc34)ccn2)[c-]c2ccccc12.CCC(C)(CC)C(=O)/C=C(\O)C(C)(CC)CC.[Ir]. The maximum atomic E-state index is 12.2. The summed E-state index contributed by atoms with van der Waals surface area (Å²) in [5, 5.41) is 14.7. The zero-order chi connectivity index (χ0) is 33.7. The first-order valence-corrected chi connectivity index (χ1v) is 17.4. The smallest absolute Gasteiger partial charge is 0.164 e. The number of benzene rings is 2. The molecule has 1 N–H and O–H groups in total. The Hall–Kier alpha value is -3.18. The van der Waals surface area contributed by atoms with Crippen LogP contribution in [-0.2, 0) is 30.3 Å². The molecule has 0 fully saturated rings. The number of nitrogens with zero attached hydrogens (tertiary/aromatic N) is 2. The molecule has 2 aromatic carbocycles. The van der Waals surface area contributed by atoms with Crippen LogP contribution in [0.2, 0.25) is 0 Å². The van der Waals surface area contributed by atoms with E-state index in [1.807, 2.05) is 60.0 Å². The molecule has 0 aliphatic rings. The Bertz CT molecular complexity index is 1840. The van der Waals surface area contributed by atoms with Crippen molar-refractivity contribution in [1.82, 2.24) is 9.97 Å². The molecule has 0 spiro atoms. The molecule has 0 aliphatic heterocycles. The molecule has 47 heavy (non-hydrogen) atoms. The van der Waals surface area contributed by atoms with Crippen LogP contribution < -0.4 is 0 Å². The molecule has 3 aromatic heterocycles. The van der Waals surface area contributed by atoms with E-state index in [2.05, 4.69) is 90.7 Å². The zero-order valence-electron chi connectivity index (χ0n) is 29.3. The summed E-state index contributed by atoms with van der Waals surface area (Å²) in [7, 11) is 0. The minimum atomic E-state index is -0.337. The average Bonchev–Trinajstić information content (AvgIpc) is 3.51. The second kappa shape index (κ2) is 15.8. The van der Waals surface area contributed by atoms with Crippen molar-refractivity contribution in [3.63, 3.8) is 0 Å². The minimum absolute atomic E-state index is 0. The summed E-state index contributed by atoms with van der Waals surface area (Å²) in [5.74, 6) is 0.286. The van der Waals surface area contributed by atoms with Crippen molar-refractivity contribution in [3.8, 4) is 22.4 Å². The van der Waals surface area contributed by atoms with Crippen molar-refractivity contribution in [2.24, 2.45) is 10.8 Å². The number of aliphatic hydroxyl groups excluding tert-OH is 1. The molecule has 0 aliphatic carbocycles. The van der Waals surface area contributed by atoms with Crippen LogP contribution in [0.5, 0.6) is 0 Å². The number of hydrogen-bond acceptors (Lipinski definition) is 5. The predicted octanol–water partition coefficient (Wildman–Crippen LogP) is 11.9. The van der Waals surface area contributed by atoms with Crippen LogP contribution in [0.25, 0.3) is 43.4 Å². The van der Waals surface area contributed by atoms with Crippen LogP contribution in [0.15, 0.2) is 84.2 Å². The van der Waals surface area contributed by atoms with Crippen LogP contribution in [-0.4, -0.2) is 20.9 Å². The van der Waals surface area contributed by atoms with E-state index in [0.717, 1.165) is 59.0 Å². The first kappa shape index (κ1) is 38.3. The normalized spacial score (nSPS) is 12.4. The molecule has 0 atom stereocenters. The summed E-state index contributed by atoms with van der Waals surface area (Å²) >= 11 is 1.73. The second-order valence-corrected chi connectivity index (χ2v) is 14.7. The third kappa shape index (κ3) is 8.46. The van der Waals surface area contributed by atoms with Crippen LogP contribution in [0, 0.1) is 16.9 Å². The molecule has 6 heteroatoms. The van der Waals surface area contributed by atoms with Gasteiger partial charge < -0.3 is 5.11 Å². The monoisotopic (exact) mass is 826 g/mol. The number of thiophene rings is 1. The summed E-state index contributed by atoms with van der Waals surface area (Å²) in [6.45, 7) is 18.8.